The number of primary amides is 1. The van der Waals surface area contributed by atoms with Crippen LogP contribution in [-0.2, 0) is 9.59 Å². The van der Waals surface area contributed by atoms with Gasteiger partial charge in [0.25, 0.3) is 5.91 Å². The summed E-state index contributed by atoms with van der Waals surface area (Å²) in [5, 5.41) is 0. The zero-order chi connectivity index (χ0) is 14.2. The average Bonchev–Trinajstić information content (AvgIpc) is 2.55. The van der Waals surface area contributed by atoms with E-state index in [4.69, 9.17) is 5.73 Å². The van der Waals surface area contributed by atoms with Gasteiger partial charge in [-0.25, -0.2) is 4.79 Å². The van der Waals surface area contributed by atoms with E-state index in [0.717, 1.165) is 10.5 Å². The first-order valence-electron chi connectivity index (χ1n) is 5.91. The summed E-state index contributed by atoms with van der Waals surface area (Å²) >= 11 is 0. The third kappa shape index (κ3) is 2.29. The van der Waals surface area contributed by atoms with Crippen molar-refractivity contribution in [2.45, 2.75) is 19.9 Å². The van der Waals surface area contributed by atoms with Crippen molar-refractivity contribution in [3.05, 3.63) is 29.8 Å². The Bertz CT molecular complexity index is 539. The minimum absolute atomic E-state index is 0.385. The Labute approximate surface area is 110 Å². The molecule has 0 aromatic heterocycles. The van der Waals surface area contributed by atoms with Crippen molar-refractivity contribution in [3.8, 4) is 0 Å². The van der Waals surface area contributed by atoms with Crippen LogP contribution in [0, 0.1) is 6.92 Å². The van der Waals surface area contributed by atoms with Gasteiger partial charge in [-0.05, 0) is 26.0 Å². The summed E-state index contributed by atoms with van der Waals surface area (Å²) in [6.45, 7) is 3.18. The predicted octanol–water partition coefficient (Wildman–Crippen LogP) is 0.637. The predicted molar refractivity (Wildman–Crippen MR) is 69.4 cm³/mol. The molecule has 1 aromatic carbocycles. The topological polar surface area (TPSA) is 83.7 Å². The first-order chi connectivity index (χ1) is 8.91. The van der Waals surface area contributed by atoms with Crippen molar-refractivity contribution >= 4 is 23.5 Å². The smallest absolute Gasteiger partial charge is 0.332 e. The fourth-order valence-corrected chi connectivity index (χ4v) is 2.07. The van der Waals surface area contributed by atoms with Gasteiger partial charge in [0.05, 0.1) is 0 Å². The molecule has 1 aliphatic heterocycles. The minimum Gasteiger partial charge on any atom is -0.368 e. The van der Waals surface area contributed by atoms with E-state index in [9.17, 15) is 14.4 Å². The summed E-state index contributed by atoms with van der Waals surface area (Å²) in [5.41, 5.74) is 6.73. The molecule has 1 aromatic rings. The fraction of sp³-hybridized carbons (Fsp3) is 0.308. The Morgan fingerprint density at radius 3 is 2.37 bits per heavy atom. The molecule has 0 aliphatic carbocycles. The van der Waals surface area contributed by atoms with Crippen LogP contribution in [0.15, 0.2) is 24.3 Å². The maximum atomic E-state index is 12.2. The second kappa shape index (κ2) is 4.72. The lowest BCUT2D eigenvalue weighted by Crippen LogP contribution is -2.39. The van der Waals surface area contributed by atoms with Crippen molar-refractivity contribution in [3.63, 3.8) is 0 Å². The van der Waals surface area contributed by atoms with E-state index in [-0.39, 0.29) is 6.54 Å². The summed E-state index contributed by atoms with van der Waals surface area (Å²) in [5.74, 6) is -1.12. The van der Waals surface area contributed by atoms with Gasteiger partial charge in [-0.1, -0.05) is 17.7 Å². The minimum atomic E-state index is -0.709. The van der Waals surface area contributed by atoms with E-state index in [1.54, 1.807) is 19.1 Å². The number of rotatable bonds is 3. The second-order valence-electron chi connectivity index (χ2n) is 4.55. The Morgan fingerprint density at radius 1 is 1.26 bits per heavy atom. The number of hydrogen-bond donors (Lipinski definition) is 1. The zero-order valence-corrected chi connectivity index (χ0v) is 10.8. The zero-order valence-electron chi connectivity index (χ0n) is 10.8. The SMILES string of the molecule is Cc1ccc(N2C(=O)N(CC(N)=O)C(=O)[C@@H]2C)cc1. The molecular formula is C13H15N3O3. The van der Waals surface area contributed by atoms with Crippen LogP contribution in [0.5, 0.6) is 0 Å². The number of nitrogens with zero attached hydrogens (tertiary/aromatic N) is 2. The monoisotopic (exact) mass is 261 g/mol. The summed E-state index contributed by atoms with van der Waals surface area (Å²) in [4.78, 5) is 37.3. The highest BCUT2D eigenvalue weighted by Gasteiger charge is 2.43. The van der Waals surface area contributed by atoms with Crippen LogP contribution in [0.3, 0.4) is 0 Å². The highest BCUT2D eigenvalue weighted by Crippen LogP contribution is 2.25. The molecule has 1 fully saturated rings. The number of urea groups is 1. The van der Waals surface area contributed by atoms with E-state index in [0.29, 0.717) is 5.69 Å². The number of carbonyl (C=O) groups excluding carboxylic acids is 3. The lowest BCUT2D eigenvalue weighted by atomic mass is 10.2. The number of nitrogens with two attached hydrogens (primary N) is 1. The standard InChI is InChI=1S/C13H15N3O3/c1-8-3-5-10(6-4-8)16-9(2)12(18)15(13(16)19)7-11(14)17/h3-6,9H,7H2,1-2H3,(H2,14,17)/t9-/m0/s1. The van der Waals surface area contributed by atoms with Gasteiger partial charge in [-0.2, -0.15) is 0 Å². The molecule has 1 saturated heterocycles. The molecule has 2 N–H and O–H groups in total. The molecule has 100 valence electrons. The number of imide groups is 1. The molecule has 0 spiro atoms. The molecule has 0 saturated carbocycles. The van der Waals surface area contributed by atoms with E-state index >= 15 is 0 Å². The van der Waals surface area contributed by atoms with Crippen LogP contribution < -0.4 is 10.6 Å². The molecule has 1 atom stereocenters. The quantitative estimate of drug-likeness (QED) is 0.810. The third-order valence-corrected chi connectivity index (χ3v) is 3.07. The lowest BCUT2D eigenvalue weighted by Gasteiger charge is -2.19. The normalized spacial score (nSPS) is 19.2. The van der Waals surface area contributed by atoms with Crippen molar-refractivity contribution in [2.24, 2.45) is 5.73 Å². The van der Waals surface area contributed by atoms with Gasteiger partial charge in [0.15, 0.2) is 0 Å². The first-order valence-corrected chi connectivity index (χ1v) is 5.91. The highest BCUT2D eigenvalue weighted by atomic mass is 16.2. The number of benzene rings is 1. The number of carbonyl (C=O) groups is 3. The van der Waals surface area contributed by atoms with Crippen molar-refractivity contribution in [1.82, 2.24) is 4.90 Å². The van der Waals surface area contributed by atoms with Gasteiger partial charge in [-0.3, -0.25) is 19.4 Å². The number of aryl methyl sites for hydroxylation is 1. The average molecular weight is 261 g/mol. The Hall–Kier alpha value is -2.37. The summed E-state index contributed by atoms with van der Waals surface area (Å²) in [6, 6.07) is 6.11. The Morgan fingerprint density at radius 2 is 1.84 bits per heavy atom. The summed E-state index contributed by atoms with van der Waals surface area (Å²) < 4.78 is 0. The molecular weight excluding hydrogens is 246 g/mol. The maximum absolute atomic E-state index is 12.2. The first kappa shape index (κ1) is 13.1. The van der Waals surface area contributed by atoms with Crippen LogP contribution in [0.2, 0.25) is 0 Å². The third-order valence-electron chi connectivity index (χ3n) is 3.07. The molecule has 1 aliphatic rings. The van der Waals surface area contributed by atoms with Gasteiger partial charge in [0.2, 0.25) is 5.91 Å². The van der Waals surface area contributed by atoms with Crippen LogP contribution in [0.25, 0.3) is 0 Å². The van der Waals surface area contributed by atoms with Gasteiger partial charge < -0.3 is 5.73 Å². The molecule has 2 rings (SSSR count). The molecule has 0 radical (unpaired) electrons. The van der Waals surface area contributed by atoms with E-state index < -0.39 is 23.9 Å². The van der Waals surface area contributed by atoms with E-state index in [2.05, 4.69) is 0 Å². The van der Waals surface area contributed by atoms with Gasteiger partial charge in [0, 0.05) is 5.69 Å². The largest absolute Gasteiger partial charge is 0.368 e. The van der Waals surface area contributed by atoms with Crippen molar-refractivity contribution < 1.29 is 14.4 Å². The molecule has 1 heterocycles. The highest BCUT2D eigenvalue weighted by molar-refractivity contribution is 6.15. The van der Waals surface area contributed by atoms with Crippen LogP contribution >= 0.6 is 0 Å². The van der Waals surface area contributed by atoms with Gasteiger partial charge in [-0.15, -0.1) is 0 Å². The Balaban J connectivity index is 2.32. The molecule has 6 nitrogen and oxygen atoms in total. The van der Waals surface area contributed by atoms with E-state index in [1.807, 2.05) is 19.1 Å². The number of hydrogen-bond acceptors (Lipinski definition) is 3. The van der Waals surface area contributed by atoms with Crippen molar-refractivity contribution in [2.75, 3.05) is 11.4 Å². The second-order valence-corrected chi connectivity index (χ2v) is 4.55. The van der Waals surface area contributed by atoms with Gasteiger partial charge >= 0.3 is 6.03 Å². The van der Waals surface area contributed by atoms with Crippen LogP contribution in [0.4, 0.5) is 10.5 Å². The number of amides is 4. The fourth-order valence-electron chi connectivity index (χ4n) is 2.07. The maximum Gasteiger partial charge on any atom is 0.332 e. The van der Waals surface area contributed by atoms with Gasteiger partial charge in [0.1, 0.15) is 12.6 Å². The Kier molecular flexibility index (Phi) is 3.25. The van der Waals surface area contributed by atoms with Crippen LogP contribution in [0.1, 0.15) is 12.5 Å². The molecule has 6 heteroatoms. The summed E-state index contributed by atoms with van der Waals surface area (Å²) in [7, 11) is 0. The molecule has 0 unspecified atom stereocenters. The molecule has 4 amide bonds. The molecule has 19 heavy (non-hydrogen) atoms. The van der Waals surface area contributed by atoms with Crippen molar-refractivity contribution in [1.29, 1.82) is 0 Å². The summed E-state index contributed by atoms with van der Waals surface area (Å²) in [6.07, 6.45) is 0. The lowest BCUT2D eigenvalue weighted by molar-refractivity contribution is -0.130. The molecule has 0 bridgehead atoms. The number of anilines is 1. The van der Waals surface area contributed by atoms with E-state index in [1.165, 1.54) is 4.90 Å². The van der Waals surface area contributed by atoms with Crippen LogP contribution in [-0.4, -0.2) is 35.3 Å².